The van der Waals surface area contributed by atoms with Crippen LogP contribution in [0.4, 0.5) is 0 Å². The lowest BCUT2D eigenvalue weighted by Crippen LogP contribution is -2.36. The van der Waals surface area contributed by atoms with Crippen LogP contribution in [0.25, 0.3) is 0 Å². The third-order valence-corrected chi connectivity index (χ3v) is 3.43. The van der Waals surface area contributed by atoms with Crippen molar-refractivity contribution in [2.75, 3.05) is 13.1 Å². The van der Waals surface area contributed by atoms with E-state index < -0.39 is 0 Å². The largest absolute Gasteiger partial charge is 0.368 e. The van der Waals surface area contributed by atoms with E-state index in [4.69, 9.17) is 11.6 Å². The number of hydrogen-bond donors (Lipinski definition) is 2. The normalized spacial score (nSPS) is 34.8. The van der Waals surface area contributed by atoms with Crippen molar-refractivity contribution in [2.45, 2.75) is 25.7 Å². The minimum Gasteiger partial charge on any atom is -0.368 e. The Balaban J connectivity index is 1.98. The molecule has 2 fully saturated rings. The van der Waals surface area contributed by atoms with Gasteiger partial charge < -0.3 is 16.5 Å². The van der Waals surface area contributed by atoms with Gasteiger partial charge in [-0.3, -0.25) is 0 Å². The summed E-state index contributed by atoms with van der Waals surface area (Å²) in [7, 11) is 0. The fourth-order valence-electron chi connectivity index (χ4n) is 2.67. The second kappa shape index (κ2) is 3.44. The second-order valence-corrected chi connectivity index (χ2v) is 4.20. The molecule has 2 aliphatic rings. The van der Waals surface area contributed by atoms with Gasteiger partial charge in [0.2, 0.25) is 5.96 Å². The number of hydrazone groups is 1. The van der Waals surface area contributed by atoms with Crippen molar-refractivity contribution in [2.24, 2.45) is 28.5 Å². The Morgan fingerprint density at radius 1 is 1.15 bits per heavy atom. The van der Waals surface area contributed by atoms with Gasteiger partial charge >= 0.3 is 0 Å². The van der Waals surface area contributed by atoms with Gasteiger partial charge in [0.25, 0.3) is 0 Å². The number of nitrogens with zero attached hydrogens (tertiary/aromatic N) is 2. The summed E-state index contributed by atoms with van der Waals surface area (Å²) in [6.45, 7) is 2.13. The van der Waals surface area contributed by atoms with E-state index in [0.717, 1.165) is 24.9 Å². The highest BCUT2D eigenvalue weighted by molar-refractivity contribution is 5.78. The van der Waals surface area contributed by atoms with Crippen molar-refractivity contribution in [3.63, 3.8) is 0 Å². The van der Waals surface area contributed by atoms with Gasteiger partial charge in [0, 0.05) is 13.1 Å². The summed E-state index contributed by atoms with van der Waals surface area (Å²) in [5.74, 6) is 7.35. The summed E-state index contributed by atoms with van der Waals surface area (Å²) in [5, 5.41) is 3.55. The Morgan fingerprint density at radius 2 is 1.69 bits per heavy atom. The molecule has 13 heavy (non-hydrogen) atoms. The van der Waals surface area contributed by atoms with Gasteiger partial charge in [0.05, 0.1) is 0 Å². The van der Waals surface area contributed by atoms with Gasteiger partial charge in [0.1, 0.15) is 0 Å². The van der Waals surface area contributed by atoms with Crippen LogP contribution in [-0.2, 0) is 0 Å². The molecule has 0 aromatic heterocycles. The molecule has 0 bridgehead atoms. The summed E-state index contributed by atoms with van der Waals surface area (Å²) in [4.78, 5) is 2.13. The number of likely N-dealkylation sites (tertiary alicyclic amines) is 1. The number of hydrogen-bond acceptors (Lipinski definition) is 2. The first-order valence-corrected chi connectivity index (χ1v) is 5.09. The van der Waals surface area contributed by atoms with E-state index >= 15 is 0 Å². The van der Waals surface area contributed by atoms with Crippen LogP contribution in [0.5, 0.6) is 0 Å². The number of rotatable bonds is 0. The molecule has 0 spiro atoms. The Bertz CT molecular complexity index is 200. The Morgan fingerprint density at radius 3 is 2.15 bits per heavy atom. The molecule has 0 amide bonds. The molecule has 0 aromatic carbocycles. The zero-order chi connectivity index (χ0) is 9.26. The highest BCUT2D eigenvalue weighted by Crippen LogP contribution is 2.35. The molecule has 0 radical (unpaired) electrons. The zero-order valence-corrected chi connectivity index (χ0v) is 7.95. The molecule has 4 heteroatoms. The third kappa shape index (κ3) is 1.57. The molecule has 1 heterocycles. The first kappa shape index (κ1) is 8.66. The first-order valence-electron chi connectivity index (χ1n) is 5.09. The molecule has 74 valence electrons. The molecule has 4 N–H and O–H groups in total. The van der Waals surface area contributed by atoms with Crippen molar-refractivity contribution in [1.82, 2.24) is 4.90 Å². The summed E-state index contributed by atoms with van der Waals surface area (Å²) in [6, 6.07) is 0. The Hall–Kier alpha value is -0.930. The highest BCUT2D eigenvalue weighted by atomic mass is 15.3. The van der Waals surface area contributed by atoms with E-state index in [2.05, 4.69) is 10.0 Å². The van der Waals surface area contributed by atoms with Crippen LogP contribution in [0.15, 0.2) is 5.10 Å². The average Bonchev–Trinajstić information content (AvgIpc) is 2.59. The molecule has 1 aliphatic carbocycles. The van der Waals surface area contributed by atoms with Crippen molar-refractivity contribution < 1.29 is 0 Å². The molecule has 2 rings (SSSR count). The van der Waals surface area contributed by atoms with Gasteiger partial charge in [-0.2, -0.15) is 0 Å². The maximum atomic E-state index is 5.68. The minimum atomic E-state index is 0.509. The standard InChI is InChI=1S/C9H18N4/c10-9(12-11)13-5-7-3-1-2-4-8(7)6-13/h7-8H,1-6,11H2,(H2,10,12). The maximum absolute atomic E-state index is 5.68. The summed E-state index contributed by atoms with van der Waals surface area (Å²) in [5.41, 5.74) is 5.68. The summed E-state index contributed by atoms with van der Waals surface area (Å²) < 4.78 is 0. The highest BCUT2D eigenvalue weighted by Gasteiger charge is 2.34. The zero-order valence-electron chi connectivity index (χ0n) is 7.95. The number of guanidine groups is 1. The van der Waals surface area contributed by atoms with Crippen LogP contribution in [0.3, 0.4) is 0 Å². The number of nitrogens with two attached hydrogens (primary N) is 2. The van der Waals surface area contributed by atoms with Gasteiger partial charge in [-0.25, -0.2) is 0 Å². The molecule has 2 atom stereocenters. The average molecular weight is 182 g/mol. The Labute approximate surface area is 79.0 Å². The monoisotopic (exact) mass is 182 g/mol. The lowest BCUT2D eigenvalue weighted by Gasteiger charge is -2.22. The van der Waals surface area contributed by atoms with Gasteiger partial charge in [-0.15, -0.1) is 5.10 Å². The molecular weight excluding hydrogens is 164 g/mol. The minimum absolute atomic E-state index is 0.509. The predicted octanol–water partition coefficient (Wildman–Crippen LogP) is 0.297. The van der Waals surface area contributed by atoms with E-state index in [-0.39, 0.29) is 0 Å². The van der Waals surface area contributed by atoms with Crippen molar-refractivity contribution in [3.8, 4) is 0 Å². The van der Waals surface area contributed by atoms with Crippen LogP contribution in [0.1, 0.15) is 25.7 Å². The molecular formula is C9H18N4. The van der Waals surface area contributed by atoms with E-state index in [1.807, 2.05) is 0 Å². The van der Waals surface area contributed by atoms with E-state index in [9.17, 15) is 0 Å². The smallest absolute Gasteiger partial charge is 0.213 e. The molecule has 4 nitrogen and oxygen atoms in total. The molecule has 1 aliphatic heterocycles. The maximum Gasteiger partial charge on any atom is 0.213 e. The van der Waals surface area contributed by atoms with Crippen LogP contribution in [0, 0.1) is 11.8 Å². The molecule has 0 aromatic rings. The van der Waals surface area contributed by atoms with Crippen molar-refractivity contribution >= 4 is 5.96 Å². The quantitative estimate of drug-likeness (QED) is 0.245. The lowest BCUT2D eigenvalue weighted by molar-refractivity contribution is 0.299. The van der Waals surface area contributed by atoms with Crippen LogP contribution < -0.4 is 11.6 Å². The van der Waals surface area contributed by atoms with Gasteiger partial charge in [0.15, 0.2) is 0 Å². The van der Waals surface area contributed by atoms with E-state index in [1.54, 1.807) is 0 Å². The van der Waals surface area contributed by atoms with Crippen molar-refractivity contribution in [1.29, 1.82) is 0 Å². The Kier molecular flexibility index (Phi) is 2.29. The fraction of sp³-hybridized carbons (Fsp3) is 0.889. The second-order valence-electron chi connectivity index (χ2n) is 4.20. The van der Waals surface area contributed by atoms with Crippen LogP contribution >= 0.6 is 0 Å². The predicted molar refractivity (Wildman–Crippen MR) is 52.8 cm³/mol. The SMILES string of the molecule is N/N=C(\N)N1CC2CCCCC2C1. The third-order valence-electron chi connectivity index (χ3n) is 3.43. The van der Waals surface area contributed by atoms with Crippen LogP contribution in [0.2, 0.25) is 0 Å². The first-order chi connectivity index (χ1) is 6.31. The lowest BCUT2D eigenvalue weighted by atomic mass is 9.82. The van der Waals surface area contributed by atoms with Gasteiger partial charge in [-0.1, -0.05) is 12.8 Å². The molecule has 2 unspecified atom stereocenters. The number of fused-ring (bicyclic) bond motifs is 1. The molecule has 1 saturated carbocycles. The summed E-state index contributed by atoms with van der Waals surface area (Å²) in [6.07, 6.45) is 5.49. The topological polar surface area (TPSA) is 67.6 Å². The fourth-order valence-corrected chi connectivity index (χ4v) is 2.67. The van der Waals surface area contributed by atoms with E-state index in [0.29, 0.717) is 5.96 Å². The van der Waals surface area contributed by atoms with Gasteiger partial charge in [-0.05, 0) is 24.7 Å². The summed E-state index contributed by atoms with van der Waals surface area (Å²) >= 11 is 0. The van der Waals surface area contributed by atoms with E-state index in [1.165, 1.54) is 25.7 Å². The van der Waals surface area contributed by atoms with Crippen LogP contribution in [-0.4, -0.2) is 23.9 Å². The molecule has 1 saturated heterocycles. The van der Waals surface area contributed by atoms with Crippen molar-refractivity contribution in [3.05, 3.63) is 0 Å².